The molecule has 3 heteroatoms. The molecule has 86 valence electrons. The van der Waals surface area contributed by atoms with Crippen molar-refractivity contribution in [3.8, 4) is 0 Å². The van der Waals surface area contributed by atoms with Crippen molar-refractivity contribution in [2.24, 2.45) is 5.92 Å². The first kappa shape index (κ1) is 11.1. The number of hydrogen-bond donors (Lipinski definition) is 1. The van der Waals surface area contributed by atoms with Gasteiger partial charge in [-0.25, -0.2) is 0 Å². The lowest BCUT2D eigenvalue weighted by molar-refractivity contribution is -0.123. The maximum absolute atomic E-state index is 12.0. The molecule has 0 radical (unpaired) electrons. The van der Waals surface area contributed by atoms with Crippen molar-refractivity contribution in [2.45, 2.75) is 32.1 Å². The molecule has 3 nitrogen and oxygen atoms in total. The molecule has 1 saturated heterocycles. The first-order chi connectivity index (χ1) is 7.36. The molecule has 1 N–H and O–H groups in total. The van der Waals surface area contributed by atoms with E-state index in [4.69, 9.17) is 0 Å². The second kappa shape index (κ2) is 5.61. The predicted octanol–water partition coefficient (Wildman–Crippen LogP) is 1.04. The van der Waals surface area contributed by atoms with Crippen LogP contribution >= 0.6 is 0 Å². The summed E-state index contributed by atoms with van der Waals surface area (Å²) < 4.78 is 0. The van der Waals surface area contributed by atoms with E-state index < -0.39 is 0 Å². The van der Waals surface area contributed by atoms with Crippen LogP contribution < -0.4 is 5.32 Å². The first-order valence-electron chi connectivity index (χ1n) is 6.32. The van der Waals surface area contributed by atoms with Gasteiger partial charge in [-0.2, -0.15) is 0 Å². The first-order valence-corrected chi connectivity index (χ1v) is 6.32. The van der Waals surface area contributed by atoms with Gasteiger partial charge in [0, 0.05) is 19.0 Å². The zero-order valence-corrected chi connectivity index (χ0v) is 9.50. The number of rotatable bonds is 3. The standard InChI is InChI=1S/C12H22N2O/c15-12(11-4-1-2-5-11)10-14-8-3-6-13-7-9-14/h11,13H,1-10H2. The van der Waals surface area contributed by atoms with Crippen LogP contribution in [-0.4, -0.2) is 43.4 Å². The number of nitrogens with one attached hydrogen (secondary N) is 1. The van der Waals surface area contributed by atoms with E-state index in [1.807, 2.05) is 0 Å². The molecular formula is C12H22N2O. The largest absolute Gasteiger partial charge is 0.315 e. The number of carbonyl (C=O) groups excluding carboxylic acids is 1. The lowest BCUT2D eigenvalue weighted by Gasteiger charge is -2.20. The van der Waals surface area contributed by atoms with Crippen LogP contribution in [0.15, 0.2) is 0 Å². The molecule has 0 unspecified atom stereocenters. The summed E-state index contributed by atoms with van der Waals surface area (Å²) in [7, 11) is 0. The van der Waals surface area contributed by atoms with Crippen LogP contribution in [0.5, 0.6) is 0 Å². The van der Waals surface area contributed by atoms with Crippen LogP contribution in [0.25, 0.3) is 0 Å². The van der Waals surface area contributed by atoms with Crippen LogP contribution in [0.4, 0.5) is 0 Å². The fraction of sp³-hybridized carbons (Fsp3) is 0.917. The quantitative estimate of drug-likeness (QED) is 0.755. The van der Waals surface area contributed by atoms with E-state index in [-0.39, 0.29) is 0 Å². The smallest absolute Gasteiger partial charge is 0.149 e. The minimum Gasteiger partial charge on any atom is -0.315 e. The molecule has 2 fully saturated rings. The summed E-state index contributed by atoms with van der Waals surface area (Å²) in [6.07, 6.45) is 5.99. The molecule has 0 aromatic heterocycles. The maximum atomic E-state index is 12.0. The molecule has 0 aromatic rings. The third-order valence-electron chi connectivity index (χ3n) is 3.62. The Morgan fingerprint density at radius 3 is 2.73 bits per heavy atom. The number of ketones is 1. The van der Waals surface area contributed by atoms with E-state index in [1.54, 1.807) is 0 Å². The van der Waals surface area contributed by atoms with Gasteiger partial charge in [0.15, 0.2) is 0 Å². The topological polar surface area (TPSA) is 32.3 Å². The Labute approximate surface area is 92.2 Å². The second-order valence-electron chi connectivity index (χ2n) is 4.83. The Kier molecular flexibility index (Phi) is 4.15. The molecule has 1 aliphatic heterocycles. The fourth-order valence-corrected chi connectivity index (χ4v) is 2.66. The molecule has 15 heavy (non-hydrogen) atoms. The second-order valence-corrected chi connectivity index (χ2v) is 4.83. The molecule has 1 aliphatic carbocycles. The van der Waals surface area contributed by atoms with Crippen LogP contribution in [0.3, 0.4) is 0 Å². The van der Waals surface area contributed by atoms with Gasteiger partial charge >= 0.3 is 0 Å². The minimum absolute atomic E-state index is 0.390. The maximum Gasteiger partial charge on any atom is 0.149 e. The molecule has 1 heterocycles. The van der Waals surface area contributed by atoms with Gasteiger partial charge in [0.05, 0.1) is 6.54 Å². The number of nitrogens with zero attached hydrogens (tertiary/aromatic N) is 1. The summed E-state index contributed by atoms with van der Waals surface area (Å²) in [5.74, 6) is 0.885. The van der Waals surface area contributed by atoms with Crippen molar-refractivity contribution in [3.63, 3.8) is 0 Å². The van der Waals surface area contributed by atoms with E-state index in [1.165, 1.54) is 19.3 Å². The fourth-order valence-electron chi connectivity index (χ4n) is 2.66. The van der Waals surface area contributed by atoms with E-state index in [2.05, 4.69) is 10.2 Å². The summed E-state index contributed by atoms with van der Waals surface area (Å²) in [5, 5.41) is 3.37. The van der Waals surface area contributed by atoms with E-state index in [0.29, 0.717) is 18.2 Å². The highest BCUT2D eigenvalue weighted by Gasteiger charge is 2.24. The molecule has 0 bridgehead atoms. The molecule has 0 amide bonds. The van der Waals surface area contributed by atoms with Crippen molar-refractivity contribution < 1.29 is 4.79 Å². The van der Waals surface area contributed by atoms with Crippen LogP contribution in [0.2, 0.25) is 0 Å². The Morgan fingerprint density at radius 2 is 1.93 bits per heavy atom. The molecule has 0 aromatic carbocycles. The summed E-state index contributed by atoms with van der Waals surface area (Å²) in [6, 6.07) is 0. The highest BCUT2D eigenvalue weighted by Crippen LogP contribution is 2.25. The third kappa shape index (κ3) is 3.28. The highest BCUT2D eigenvalue weighted by atomic mass is 16.1. The van der Waals surface area contributed by atoms with E-state index in [9.17, 15) is 4.79 Å². The Bertz CT molecular complexity index is 204. The van der Waals surface area contributed by atoms with E-state index >= 15 is 0 Å². The van der Waals surface area contributed by atoms with Crippen LogP contribution in [0.1, 0.15) is 32.1 Å². The van der Waals surface area contributed by atoms with Crippen molar-refractivity contribution >= 4 is 5.78 Å². The van der Waals surface area contributed by atoms with Crippen molar-refractivity contribution in [1.29, 1.82) is 0 Å². The Balaban J connectivity index is 1.76. The van der Waals surface area contributed by atoms with Crippen LogP contribution in [0, 0.1) is 5.92 Å². The SMILES string of the molecule is O=C(CN1CCCNCC1)C1CCCC1. The summed E-state index contributed by atoms with van der Waals surface area (Å²) in [6.45, 7) is 4.97. The molecular weight excluding hydrogens is 188 g/mol. The van der Waals surface area contributed by atoms with Gasteiger partial charge < -0.3 is 5.32 Å². The lowest BCUT2D eigenvalue weighted by Crippen LogP contribution is -2.35. The van der Waals surface area contributed by atoms with Crippen LogP contribution in [-0.2, 0) is 4.79 Å². The molecule has 2 rings (SSSR count). The average Bonchev–Trinajstić information content (AvgIpc) is 2.65. The number of hydrogen-bond acceptors (Lipinski definition) is 3. The zero-order valence-electron chi connectivity index (χ0n) is 9.50. The summed E-state index contributed by atoms with van der Waals surface area (Å²) in [4.78, 5) is 14.3. The molecule has 1 saturated carbocycles. The van der Waals surface area contributed by atoms with Gasteiger partial charge in [0.25, 0.3) is 0 Å². The van der Waals surface area contributed by atoms with Gasteiger partial charge in [0.2, 0.25) is 0 Å². The van der Waals surface area contributed by atoms with E-state index in [0.717, 1.165) is 39.0 Å². The molecule has 0 atom stereocenters. The monoisotopic (exact) mass is 210 g/mol. The van der Waals surface area contributed by atoms with Gasteiger partial charge in [-0.15, -0.1) is 0 Å². The lowest BCUT2D eigenvalue weighted by atomic mass is 10.0. The highest BCUT2D eigenvalue weighted by molar-refractivity contribution is 5.83. The Morgan fingerprint density at radius 1 is 1.13 bits per heavy atom. The normalized spacial score (nSPS) is 25.3. The van der Waals surface area contributed by atoms with Gasteiger partial charge in [-0.05, 0) is 32.4 Å². The van der Waals surface area contributed by atoms with Gasteiger partial charge in [-0.1, -0.05) is 12.8 Å². The average molecular weight is 210 g/mol. The summed E-state index contributed by atoms with van der Waals surface area (Å²) in [5.41, 5.74) is 0. The molecule has 0 spiro atoms. The summed E-state index contributed by atoms with van der Waals surface area (Å²) >= 11 is 0. The van der Waals surface area contributed by atoms with Crippen molar-refractivity contribution in [3.05, 3.63) is 0 Å². The third-order valence-corrected chi connectivity index (χ3v) is 3.62. The number of Topliss-reactive ketones (excluding diaryl/α,β-unsaturated/α-hetero) is 1. The van der Waals surface area contributed by atoms with Crippen molar-refractivity contribution in [2.75, 3.05) is 32.7 Å². The molecule has 2 aliphatic rings. The Hall–Kier alpha value is -0.410. The predicted molar refractivity (Wildman–Crippen MR) is 60.9 cm³/mol. The van der Waals surface area contributed by atoms with Gasteiger partial charge in [0.1, 0.15) is 5.78 Å². The van der Waals surface area contributed by atoms with Crippen molar-refractivity contribution in [1.82, 2.24) is 10.2 Å². The number of carbonyl (C=O) groups is 1. The van der Waals surface area contributed by atoms with Gasteiger partial charge in [-0.3, -0.25) is 9.69 Å². The minimum atomic E-state index is 0.390. The zero-order chi connectivity index (χ0) is 10.5.